The Kier molecular flexibility index (Phi) is 10.5. The summed E-state index contributed by atoms with van der Waals surface area (Å²) < 4.78 is 0. The van der Waals surface area contributed by atoms with Crippen molar-refractivity contribution in [2.24, 2.45) is 0 Å². The molecule has 0 fully saturated rings. The van der Waals surface area contributed by atoms with Crippen LogP contribution in [0, 0.1) is 0 Å². The summed E-state index contributed by atoms with van der Waals surface area (Å²) in [7, 11) is 0. The summed E-state index contributed by atoms with van der Waals surface area (Å²) in [6.45, 7) is 13.7. The lowest BCUT2D eigenvalue weighted by Gasteiger charge is -2.36. The molecule has 10 aromatic rings. The third-order valence-electron chi connectivity index (χ3n) is 15.6. The highest BCUT2D eigenvalue weighted by Crippen LogP contribution is 2.60. The zero-order valence-electron chi connectivity index (χ0n) is 41.6. The average Bonchev–Trinajstić information content (AvgIpc) is 3.87. The van der Waals surface area contributed by atoms with E-state index in [1.165, 1.54) is 89.0 Å². The van der Waals surface area contributed by atoms with Crippen molar-refractivity contribution in [3.63, 3.8) is 0 Å². The third-order valence-corrected chi connectivity index (χ3v) is 15.6. The summed E-state index contributed by atoms with van der Waals surface area (Å²) in [5.74, 6) is 0. The van der Waals surface area contributed by atoms with Crippen LogP contribution < -0.4 is 4.90 Å². The summed E-state index contributed by atoms with van der Waals surface area (Å²) in [5.41, 5.74) is 22.7. The van der Waals surface area contributed by atoms with Gasteiger partial charge in [0.2, 0.25) is 0 Å². The van der Waals surface area contributed by atoms with Crippen molar-refractivity contribution in [3.8, 4) is 33.4 Å². The van der Waals surface area contributed by atoms with E-state index in [2.05, 4.69) is 295 Å². The van der Waals surface area contributed by atoms with Crippen LogP contribution >= 0.6 is 0 Å². The van der Waals surface area contributed by atoms with Crippen LogP contribution in [0.2, 0.25) is 0 Å². The van der Waals surface area contributed by atoms with E-state index in [1.54, 1.807) is 0 Å². The fourth-order valence-corrected chi connectivity index (χ4v) is 12.1. The van der Waals surface area contributed by atoms with Crippen molar-refractivity contribution in [3.05, 3.63) is 304 Å². The molecular weight excluding hydrogens is 855 g/mol. The zero-order valence-corrected chi connectivity index (χ0v) is 41.6. The molecule has 10 aromatic carbocycles. The Hall–Kier alpha value is -8.00. The van der Waals surface area contributed by atoms with Crippen LogP contribution in [-0.2, 0) is 21.7 Å². The lowest BCUT2D eigenvalue weighted by atomic mass is 9.67. The van der Waals surface area contributed by atoms with Crippen LogP contribution in [-0.4, -0.2) is 0 Å². The predicted octanol–water partition coefficient (Wildman–Crippen LogP) is 18.1. The Morgan fingerprint density at radius 2 is 0.592 bits per heavy atom. The molecule has 2 aliphatic rings. The standard InChI is InChI=1S/C70H59N/c1-67(2,3)50-34-30-48(31-35-50)49-32-36-54(37-33-49)69(52-20-10-7-11-21-52)63-28-18-16-26-59(63)61-44-42-57(46-65(61)69)71(56-24-14-9-15-25-56)58-43-45-62-60-27-17-19-29-64(60)70(66(62)47-58,53-22-12-8-13-23-53)55-40-38-51(39-41-55)68(4,5)6/h7-47H,1-6H3. The van der Waals surface area contributed by atoms with Gasteiger partial charge in [0.1, 0.15) is 0 Å². The summed E-state index contributed by atoms with van der Waals surface area (Å²) in [4.78, 5) is 2.48. The van der Waals surface area contributed by atoms with Gasteiger partial charge in [0.15, 0.2) is 0 Å². The van der Waals surface area contributed by atoms with Crippen molar-refractivity contribution in [1.82, 2.24) is 0 Å². The molecular formula is C70H59N. The van der Waals surface area contributed by atoms with E-state index in [-0.39, 0.29) is 10.8 Å². The van der Waals surface area contributed by atoms with Gasteiger partial charge >= 0.3 is 0 Å². The van der Waals surface area contributed by atoms with Gasteiger partial charge in [0.05, 0.1) is 10.8 Å². The Morgan fingerprint density at radius 1 is 0.268 bits per heavy atom. The predicted molar refractivity (Wildman–Crippen MR) is 299 cm³/mol. The molecule has 0 radical (unpaired) electrons. The highest BCUT2D eigenvalue weighted by Gasteiger charge is 2.48. The fourth-order valence-electron chi connectivity index (χ4n) is 12.1. The first-order chi connectivity index (χ1) is 34.5. The maximum absolute atomic E-state index is 2.49. The molecule has 12 rings (SSSR count). The summed E-state index contributed by atoms with van der Waals surface area (Å²) >= 11 is 0. The minimum absolute atomic E-state index is 0.0327. The lowest BCUT2D eigenvalue weighted by molar-refractivity contribution is 0.589. The van der Waals surface area contributed by atoms with Crippen molar-refractivity contribution < 1.29 is 0 Å². The number of anilines is 3. The van der Waals surface area contributed by atoms with Crippen LogP contribution in [0.4, 0.5) is 17.1 Å². The van der Waals surface area contributed by atoms with E-state index in [4.69, 9.17) is 0 Å². The molecule has 1 heteroatoms. The molecule has 0 amide bonds. The second-order valence-electron chi connectivity index (χ2n) is 21.7. The third kappa shape index (κ3) is 7.04. The smallest absolute Gasteiger partial charge is 0.0714 e. The molecule has 0 spiro atoms. The molecule has 0 aliphatic heterocycles. The molecule has 71 heavy (non-hydrogen) atoms. The maximum Gasteiger partial charge on any atom is 0.0714 e. The highest BCUT2D eigenvalue weighted by atomic mass is 15.1. The highest BCUT2D eigenvalue weighted by molar-refractivity contribution is 5.92. The minimum atomic E-state index is -0.582. The number of benzene rings is 10. The molecule has 0 saturated carbocycles. The molecule has 344 valence electrons. The van der Waals surface area contributed by atoms with Crippen LogP contribution in [0.3, 0.4) is 0 Å². The zero-order chi connectivity index (χ0) is 48.5. The minimum Gasteiger partial charge on any atom is -0.310 e. The van der Waals surface area contributed by atoms with Gasteiger partial charge in [-0.25, -0.2) is 0 Å². The number of hydrogen-bond acceptors (Lipinski definition) is 1. The molecule has 2 aliphatic carbocycles. The normalized spacial score (nSPS) is 16.7. The van der Waals surface area contributed by atoms with E-state index < -0.39 is 10.8 Å². The quantitative estimate of drug-likeness (QED) is 0.147. The molecule has 0 saturated heterocycles. The van der Waals surface area contributed by atoms with Gasteiger partial charge in [-0.2, -0.15) is 0 Å². The number of hydrogen-bond donors (Lipinski definition) is 0. The fraction of sp³-hybridized carbons (Fsp3) is 0.143. The van der Waals surface area contributed by atoms with Gasteiger partial charge < -0.3 is 4.90 Å². The topological polar surface area (TPSA) is 3.24 Å². The van der Waals surface area contributed by atoms with Crippen LogP contribution in [0.15, 0.2) is 249 Å². The first kappa shape index (κ1) is 44.2. The van der Waals surface area contributed by atoms with Crippen LogP contribution in [0.25, 0.3) is 33.4 Å². The van der Waals surface area contributed by atoms with Crippen LogP contribution in [0.5, 0.6) is 0 Å². The van der Waals surface area contributed by atoms with E-state index in [0.29, 0.717) is 0 Å². The molecule has 0 N–H and O–H groups in total. The molecule has 2 unspecified atom stereocenters. The molecule has 2 atom stereocenters. The molecule has 0 aromatic heterocycles. The number of nitrogens with zero attached hydrogens (tertiary/aromatic N) is 1. The van der Waals surface area contributed by atoms with Gasteiger partial charge in [-0.05, 0) is 136 Å². The van der Waals surface area contributed by atoms with Crippen LogP contribution in [0.1, 0.15) is 97.2 Å². The molecule has 1 nitrogen and oxygen atoms in total. The molecule has 0 bridgehead atoms. The SMILES string of the molecule is CC(C)(C)c1ccc(-c2ccc(C3(c4ccccc4)c4ccccc4-c4ccc(N(c5ccccc5)c5ccc6c(c5)C(c5ccccc5)(c5ccc(C(C)(C)C)cc5)c5ccccc5-6)cc43)cc2)cc1. The van der Waals surface area contributed by atoms with E-state index in [0.717, 1.165) is 17.1 Å². The molecule has 0 heterocycles. The maximum atomic E-state index is 2.49. The first-order valence-corrected chi connectivity index (χ1v) is 25.2. The van der Waals surface area contributed by atoms with E-state index >= 15 is 0 Å². The second-order valence-corrected chi connectivity index (χ2v) is 21.7. The Labute approximate surface area is 420 Å². The van der Waals surface area contributed by atoms with Gasteiger partial charge in [0.25, 0.3) is 0 Å². The Morgan fingerprint density at radius 3 is 1.01 bits per heavy atom. The second kappa shape index (κ2) is 16.9. The van der Waals surface area contributed by atoms with Gasteiger partial charge in [-0.1, -0.05) is 254 Å². The summed E-state index contributed by atoms with van der Waals surface area (Å²) in [5, 5.41) is 0. The van der Waals surface area contributed by atoms with E-state index in [9.17, 15) is 0 Å². The van der Waals surface area contributed by atoms with Crippen molar-refractivity contribution in [1.29, 1.82) is 0 Å². The Bertz CT molecular complexity index is 3560. The summed E-state index contributed by atoms with van der Waals surface area (Å²) in [6.07, 6.45) is 0. The van der Waals surface area contributed by atoms with Crippen molar-refractivity contribution in [2.45, 2.75) is 63.2 Å². The number of fused-ring (bicyclic) bond motifs is 6. The largest absolute Gasteiger partial charge is 0.310 e. The van der Waals surface area contributed by atoms with Gasteiger partial charge in [-0.15, -0.1) is 0 Å². The Balaban J connectivity index is 1.07. The van der Waals surface area contributed by atoms with Gasteiger partial charge in [0, 0.05) is 17.1 Å². The first-order valence-electron chi connectivity index (χ1n) is 25.2. The van der Waals surface area contributed by atoms with Gasteiger partial charge in [-0.3, -0.25) is 0 Å². The van der Waals surface area contributed by atoms with Crippen molar-refractivity contribution >= 4 is 17.1 Å². The van der Waals surface area contributed by atoms with E-state index in [1.807, 2.05) is 0 Å². The number of rotatable bonds is 8. The number of para-hydroxylation sites is 1. The van der Waals surface area contributed by atoms with Crippen molar-refractivity contribution in [2.75, 3.05) is 4.90 Å². The summed E-state index contributed by atoms with van der Waals surface area (Å²) in [6, 6.07) is 93.8. The average molecular weight is 914 g/mol. The lowest BCUT2D eigenvalue weighted by Crippen LogP contribution is -2.29. The monoisotopic (exact) mass is 913 g/mol.